The third-order valence-corrected chi connectivity index (χ3v) is 3.36. The van der Waals surface area contributed by atoms with Gasteiger partial charge in [0.05, 0.1) is 5.60 Å². The second-order valence-electron chi connectivity index (χ2n) is 6.50. The van der Waals surface area contributed by atoms with Crippen molar-refractivity contribution in [3.8, 4) is 0 Å². The van der Waals surface area contributed by atoms with Gasteiger partial charge in [-0.05, 0) is 50.7 Å². The number of carbonyl (C=O) groups excluding carboxylic acids is 1. The van der Waals surface area contributed by atoms with E-state index in [1.54, 1.807) is 13.8 Å². The van der Waals surface area contributed by atoms with E-state index in [9.17, 15) is 9.90 Å². The van der Waals surface area contributed by atoms with Gasteiger partial charge in [-0.1, -0.05) is 30.3 Å². The van der Waals surface area contributed by atoms with Gasteiger partial charge in [0, 0.05) is 24.3 Å². The molecule has 4 heteroatoms. The third kappa shape index (κ3) is 5.85. The van der Waals surface area contributed by atoms with Crippen LogP contribution < -0.4 is 5.32 Å². The van der Waals surface area contributed by atoms with E-state index in [4.69, 9.17) is 0 Å². The van der Waals surface area contributed by atoms with Gasteiger partial charge in [0.1, 0.15) is 0 Å². The molecule has 0 aliphatic rings. The summed E-state index contributed by atoms with van der Waals surface area (Å²) in [7, 11) is 1.97. The molecule has 0 radical (unpaired) electrons. The van der Waals surface area contributed by atoms with Gasteiger partial charge in [0.2, 0.25) is 0 Å². The average molecular weight is 312 g/mol. The van der Waals surface area contributed by atoms with E-state index in [1.165, 1.54) is 0 Å². The molecule has 1 amide bonds. The van der Waals surface area contributed by atoms with Crippen molar-refractivity contribution in [2.24, 2.45) is 0 Å². The molecule has 0 aromatic heterocycles. The molecule has 2 aromatic carbocycles. The number of para-hydroxylation sites is 1. The number of aliphatic hydroxyl groups is 1. The minimum absolute atomic E-state index is 0.118. The molecular formula is C19H24N2O2. The van der Waals surface area contributed by atoms with Gasteiger partial charge in [0.15, 0.2) is 0 Å². The van der Waals surface area contributed by atoms with E-state index in [2.05, 4.69) is 10.2 Å². The smallest absolute Gasteiger partial charge is 0.255 e. The van der Waals surface area contributed by atoms with Crippen LogP contribution in [-0.4, -0.2) is 35.1 Å². The molecule has 0 spiro atoms. The van der Waals surface area contributed by atoms with Gasteiger partial charge in [-0.25, -0.2) is 0 Å². The van der Waals surface area contributed by atoms with Gasteiger partial charge in [-0.15, -0.1) is 0 Å². The lowest BCUT2D eigenvalue weighted by molar-refractivity contribution is 0.0425. The van der Waals surface area contributed by atoms with Gasteiger partial charge >= 0.3 is 0 Å². The van der Waals surface area contributed by atoms with Crippen LogP contribution in [-0.2, 0) is 6.54 Å². The first-order valence-electron chi connectivity index (χ1n) is 7.70. The third-order valence-electron chi connectivity index (χ3n) is 3.36. The largest absolute Gasteiger partial charge is 0.389 e. The fourth-order valence-electron chi connectivity index (χ4n) is 2.51. The zero-order valence-corrected chi connectivity index (χ0v) is 13.9. The summed E-state index contributed by atoms with van der Waals surface area (Å²) in [6, 6.07) is 16.9. The van der Waals surface area contributed by atoms with E-state index >= 15 is 0 Å². The van der Waals surface area contributed by atoms with Crippen LogP contribution in [0.5, 0.6) is 0 Å². The molecule has 0 unspecified atom stereocenters. The van der Waals surface area contributed by atoms with Crippen LogP contribution in [0.2, 0.25) is 0 Å². The molecule has 0 fully saturated rings. The van der Waals surface area contributed by atoms with Crippen LogP contribution in [0.1, 0.15) is 29.8 Å². The van der Waals surface area contributed by atoms with Crippen LogP contribution in [0.4, 0.5) is 5.69 Å². The highest BCUT2D eigenvalue weighted by molar-refractivity contribution is 6.04. The molecule has 0 aliphatic carbocycles. The van der Waals surface area contributed by atoms with E-state index in [-0.39, 0.29) is 5.91 Å². The first-order valence-corrected chi connectivity index (χ1v) is 7.70. The number of benzene rings is 2. The van der Waals surface area contributed by atoms with E-state index in [0.29, 0.717) is 12.1 Å². The summed E-state index contributed by atoms with van der Waals surface area (Å²) >= 11 is 0. The molecule has 0 aliphatic heterocycles. The lowest BCUT2D eigenvalue weighted by Gasteiger charge is -2.25. The fraction of sp³-hybridized carbons (Fsp3) is 0.316. The van der Waals surface area contributed by atoms with Gasteiger partial charge in [0.25, 0.3) is 5.91 Å². The van der Waals surface area contributed by atoms with Gasteiger partial charge in [-0.3, -0.25) is 9.69 Å². The Balaban J connectivity index is 1.95. The van der Waals surface area contributed by atoms with Crippen LogP contribution in [0.3, 0.4) is 0 Å². The number of anilines is 1. The lowest BCUT2D eigenvalue weighted by atomic mass is 10.1. The lowest BCUT2D eigenvalue weighted by Crippen LogP contribution is -2.35. The van der Waals surface area contributed by atoms with Crippen molar-refractivity contribution in [3.63, 3.8) is 0 Å². The van der Waals surface area contributed by atoms with Crippen LogP contribution in [0.15, 0.2) is 54.6 Å². The first kappa shape index (κ1) is 17.2. The van der Waals surface area contributed by atoms with Gasteiger partial charge < -0.3 is 10.4 Å². The predicted molar refractivity (Wildman–Crippen MR) is 93.5 cm³/mol. The molecule has 23 heavy (non-hydrogen) atoms. The minimum Gasteiger partial charge on any atom is -0.389 e. The minimum atomic E-state index is -0.718. The first-order chi connectivity index (χ1) is 10.8. The molecule has 0 saturated carbocycles. The number of likely N-dealkylation sites (N-methyl/N-ethyl adjacent to an activating group) is 1. The molecule has 0 bridgehead atoms. The summed E-state index contributed by atoms with van der Waals surface area (Å²) in [5.74, 6) is -0.118. The van der Waals surface area contributed by atoms with Crippen molar-refractivity contribution in [1.82, 2.24) is 4.90 Å². The van der Waals surface area contributed by atoms with Crippen molar-refractivity contribution in [2.45, 2.75) is 26.0 Å². The van der Waals surface area contributed by atoms with E-state index in [0.717, 1.165) is 17.8 Å². The summed E-state index contributed by atoms with van der Waals surface area (Å²) in [6.07, 6.45) is 0. The maximum absolute atomic E-state index is 12.2. The average Bonchev–Trinajstić information content (AvgIpc) is 2.47. The number of rotatable bonds is 6. The number of hydrogen-bond donors (Lipinski definition) is 2. The Morgan fingerprint density at radius 2 is 1.70 bits per heavy atom. The maximum Gasteiger partial charge on any atom is 0.255 e. The fourth-order valence-corrected chi connectivity index (χ4v) is 2.51. The van der Waals surface area contributed by atoms with E-state index < -0.39 is 5.60 Å². The number of nitrogens with zero attached hydrogens (tertiary/aromatic N) is 1. The molecule has 4 nitrogen and oxygen atoms in total. The Hall–Kier alpha value is -2.17. The second kappa shape index (κ2) is 7.40. The summed E-state index contributed by atoms with van der Waals surface area (Å²) in [6.45, 7) is 4.90. The molecule has 0 heterocycles. The van der Waals surface area contributed by atoms with Crippen molar-refractivity contribution >= 4 is 11.6 Å². The molecule has 2 rings (SSSR count). The monoisotopic (exact) mass is 312 g/mol. The Morgan fingerprint density at radius 1 is 1.09 bits per heavy atom. The molecule has 2 N–H and O–H groups in total. The summed E-state index contributed by atoms with van der Waals surface area (Å²) < 4.78 is 0. The van der Waals surface area contributed by atoms with E-state index in [1.807, 2.05) is 61.6 Å². The summed E-state index contributed by atoms with van der Waals surface area (Å²) in [5, 5.41) is 12.7. The van der Waals surface area contributed by atoms with Crippen molar-refractivity contribution in [3.05, 3.63) is 65.7 Å². The van der Waals surface area contributed by atoms with Crippen molar-refractivity contribution in [2.75, 3.05) is 18.9 Å². The number of hydrogen-bond acceptors (Lipinski definition) is 3. The highest BCUT2D eigenvalue weighted by Gasteiger charge is 2.15. The normalized spacial score (nSPS) is 11.5. The Labute approximate surface area is 137 Å². The molecule has 2 aromatic rings. The Kier molecular flexibility index (Phi) is 5.53. The second-order valence-corrected chi connectivity index (χ2v) is 6.50. The highest BCUT2D eigenvalue weighted by atomic mass is 16.3. The summed E-state index contributed by atoms with van der Waals surface area (Å²) in [4.78, 5) is 14.2. The van der Waals surface area contributed by atoms with Crippen molar-refractivity contribution < 1.29 is 9.90 Å². The zero-order valence-electron chi connectivity index (χ0n) is 13.9. The number of carbonyl (C=O) groups is 1. The van der Waals surface area contributed by atoms with Crippen molar-refractivity contribution in [1.29, 1.82) is 0 Å². The number of nitrogens with one attached hydrogen (secondary N) is 1. The molecule has 0 saturated heterocycles. The van der Waals surface area contributed by atoms with Crippen LogP contribution in [0, 0.1) is 0 Å². The highest BCUT2D eigenvalue weighted by Crippen LogP contribution is 2.12. The maximum atomic E-state index is 12.2. The van der Waals surface area contributed by atoms with Crippen LogP contribution >= 0.6 is 0 Å². The summed E-state index contributed by atoms with van der Waals surface area (Å²) in [5.41, 5.74) is 1.80. The standard InChI is InChI=1S/C19H24N2O2/c1-19(2,23)14-21(3)13-15-9-11-16(12-10-15)18(22)20-17-7-5-4-6-8-17/h4-12,23H,13-14H2,1-3H3,(H,20,22). The van der Waals surface area contributed by atoms with Gasteiger partial charge in [-0.2, -0.15) is 0 Å². The molecule has 0 atom stereocenters. The Morgan fingerprint density at radius 3 is 2.26 bits per heavy atom. The Bertz CT molecular complexity index is 631. The zero-order chi connectivity index (χ0) is 16.9. The SMILES string of the molecule is CN(Cc1ccc(C(=O)Nc2ccccc2)cc1)CC(C)(C)O. The van der Waals surface area contributed by atoms with Crippen LogP contribution in [0.25, 0.3) is 0 Å². The quantitative estimate of drug-likeness (QED) is 0.861. The molecular weight excluding hydrogens is 288 g/mol. The molecule has 122 valence electrons. The topological polar surface area (TPSA) is 52.6 Å². The predicted octanol–water partition coefficient (Wildman–Crippen LogP) is 3.14. The number of amides is 1.